The second-order valence-electron chi connectivity index (χ2n) is 6.51. The molecule has 1 aromatic carbocycles. The number of thioether (sulfide) groups is 1. The molecule has 8 nitrogen and oxygen atoms in total. The van der Waals surface area contributed by atoms with E-state index in [0.29, 0.717) is 29.8 Å². The number of pyridine rings is 1. The molecule has 1 atom stereocenters. The zero-order valence-corrected chi connectivity index (χ0v) is 18.0. The summed E-state index contributed by atoms with van der Waals surface area (Å²) in [4.78, 5) is 16.6. The average Bonchev–Trinajstić information content (AvgIpc) is 3.15. The molecule has 0 aliphatic rings. The lowest BCUT2D eigenvalue weighted by molar-refractivity contribution is -0.274. The highest BCUT2D eigenvalue weighted by Crippen LogP contribution is 2.28. The number of ether oxygens (including phenoxy) is 2. The van der Waals surface area contributed by atoms with Gasteiger partial charge in [-0.1, -0.05) is 11.8 Å². The molecule has 0 radical (unpaired) electrons. The first-order chi connectivity index (χ1) is 15.3. The molecule has 1 unspecified atom stereocenters. The number of hydrogen-bond acceptors (Lipinski definition) is 7. The number of halogens is 3. The van der Waals surface area contributed by atoms with Gasteiger partial charge in [0.2, 0.25) is 5.91 Å². The Hall–Kier alpha value is -3.12. The number of anilines is 1. The monoisotopic (exact) mass is 467 g/mol. The van der Waals surface area contributed by atoms with Crippen molar-refractivity contribution in [2.45, 2.75) is 30.2 Å². The number of nitrogens with zero attached hydrogens (tertiary/aromatic N) is 4. The molecule has 0 bridgehead atoms. The summed E-state index contributed by atoms with van der Waals surface area (Å²) in [6.07, 6.45) is -1.47. The molecular weight excluding hydrogens is 447 g/mol. The van der Waals surface area contributed by atoms with Crippen LogP contribution in [0.2, 0.25) is 0 Å². The Bertz CT molecular complexity index is 1030. The highest BCUT2D eigenvalue weighted by molar-refractivity contribution is 8.00. The number of rotatable bonds is 9. The van der Waals surface area contributed by atoms with Crippen molar-refractivity contribution in [3.05, 3.63) is 48.8 Å². The fourth-order valence-electron chi connectivity index (χ4n) is 2.67. The van der Waals surface area contributed by atoms with E-state index in [1.54, 1.807) is 26.4 Å². The van der Waals surface area contributed by atoms with Gasteiger partial charge < -0.3 is 14.8 Å². The summed E-state index contributed by atoms with van der Waals surface area (Å²) >= 11 is 1.21. The Morgan fingerprint density at radius 2 is 1.84 bits per heavy atom. The van der Waals surface area contributed by atoms with Crippen LogP contribution in [0.3, 0.4) is 0 Å². The van der Waals surface area contributed by atoms with E-state index >= 15 is 0 Å². The minimum absolute atomic E-state index is 0.341. The van der Waals surface area contributed by atoms with Gasteiger partial charge in [0, 0.05) is 30.8 Å². The van der Waals surface area contributed by atoms with Crippen molar-refractivity contribution in [1.82, 2.24) is 19.7 Å². The first kappa shape index (κ1) is 23.5. The van der Waals surface area contributed by atoms with Crippen LogP contribution in [-0.4, -0.2) is 51.0 Å². The zero-order chi connectivity index (χ0) is 23.1. The van der Waals surface area contributed by atoms with Crippen LogP contribution < -0.4 is 10.1 Å². The summed E-state index contributed by atoms with van der Waals surface area (Å²) in [6, 6.07) is 8.54. The number of methoxy groups -OCH3 is 1. The van der Waals surface area contributed by atoms with Crippen LogP contribution in [0.1, 0.15) is 6.92 Å². The fourth-order valence-corrected chi connectivity index (χ4v) is 3.55. The highest BCUT2D eigenvalue weighted by Gasteiger charge is 2.31. The summed E-state index contributed by atoms with van der Waals surface area (Å²) < 4.78 is 47.7. The number of carbonyl (C=O) groups excluding carboxylic acids is 1. The fraction of sp³-hybridized carbons (Fsp3) is 0.300. The van der Waals surface area contributed by atoms with E-state index in [1.165, 1.54) is 23.9 Å². The highest BCUT2D eigenvalue weighted by atomic mass is 32.2. The SMILES string of the molecule is COCCn1c(SC(C)C(=O)Nc2ccc(OC(F)(F)F)cc2)nnc1-c1ccncc1. The summed E-state index contributed by atoms with van der Waals surface area (Å²) in [5.41, 5.74) is 1.17. The van der Waals surface area contributed by atoms with Gasteiger partial charge in [-0.25, -0.2) is 0 Å². The second-order valence-corrected chi connectivity index (χ2v) is 7.82. The third-order valence-electron chi connectivity index (χ3n) is 4.18. The van der Waals surface area contributed by atoms with Gasteiger partial charge in [0.1, 0.15) is 5.75 Å². The predicted octanol–water partition coefficient (Wildman–Crippen LogP) is 4.00. The lowest BCUT2D eigenvalue weighted by atomic mass is 10.2. The minimum Gasteiger partial charge on any atom is -0.406 e. The molecular formula is C20H20F3N5O3S. The van der Waals surface area contributed by atoms with E-state index in [4.69, 9.17) is 4.74 Å². The number of carbonyl (C=O) groups is 1. The van der Waals surface area contributed by atoms with E-state index in [-0.39, 0.29) is 11.7 Å². The summed E-state index contributed by atoms with van der Waals surface area (Å²) in [5.74, 6) is -0.0844. The lowest BCUT2D eigenvalue weighted by Gasteiger charge is -2.14. The van der Waals surface area contributed by atoms with Gasteiger partial charge in [-0.2, -0.15) is 0 Å². The maximum atomic E-state index is 12.6. The van der Waals surface area contributed by atoms with Crippen molar-refractivity contribution >= 4 is 23.4 Å². The Morgan fingerprint density at radius 1 is 1.16 bits per heavy atom. The number of hydrogen-bond donors (Lipinski definition) is 1. The molecule has 3 aromatic rings. The van der Waals surface area contributed by atoms with Crippen LogP contribution in [-0.2, 0) is 16.1 Å². The summed E-state index contributed by atoms with van der Waals surface area (Å²) in [7, 11) is 1.59. The molecule has 3 rings (SSSR count). The number of benzene rings is 1. The Morgan fingerprint density at radius 3 is 2.47 bits per heavy atom. The van der Waals surface area contributed by atoms with E-state index in [2.05, 4.69) is 25.2 Å². The van der Waals surface area contributed by atoms with E-state index < -0.39 is 11.6 Å². The van der Waals surface area contributed by atoms with Gasteiger partial charge in [-0.3, -0.25) is 14.3 Å². The molecule has 0 fully saturated rings. The molecule has 32 heavy (non-hydrogen) atoms. The minimum atomic E-state index is -4.77. The van der Waals surface area contributed by atoms with Crippen LogP contribution in [0.4, 0.5) is 18.9 Å². The van der Waals surface area contributed by atoms with Crippen molar-refractivity contribution in [3.8, 4) is 17.1 Å². The van der Waals surface area contributed by atoms with E-state index in [1.807, 2.05) is 16.7 Å². The average molecular weight is 467 g/mol. The number of alkyl halides is 3. The lowest BCUT2D eigenvalue weighted by Crippen LogP contribution is -2.23. The molecule has 0 saturated heterocycles. The Labute approximate surface area is 186 Å². The van der Waals surface area contributed by atoms with Crippen LogP contribution in [0.15, 0.2) is 53.9 Å². The van der Waals surface area contributed by atoms with Crippen LogP contribution in [0, 0.1) is 0 Å². The first-order valence-electron chi connectivity index (χ1n) is 9.42. The quantitative estimate of drug-likeness (QED) is 0.476. The van der Waals surface area contributed by atoms with Crippen molar-refractivity contribution in [2.75, 3.05) is 19.0 Å². The molecule has 0 saturated carbocycles. The number of aromatic nitrogens is 4. The summed E-state index contributed by atoms with van der Waals surface area (Å²) in [5, 5.41) is 11.1. The maximum absolute atomic E-state index is 12.6. The molecule has 170 valence electrons. The summed E-state index contributed by atoms with van der Waals surface area (Å²) in [6.45, 7) is 2.61. The van der Waals surface area contributed by atoms with E-state index in [9.17, 15) is 18.0 Å². The molecule has 0 spiro atoms. The molecule has 1 amide bonds. The van der Waals surface area contributed by atoms with Crippen molar-refractivity contribution in [2.24, 2.45) is 0 Å². The topological polar surface area (TPSA) is 91.2 Å². The maximum Gasteiger partial charge on any atom is 0.573 e. The van der Waals surface area contributed by atoms with Crippen LogP contribution in [0.5, 0.6) is 5.75 Å². The second kappa shape index (κ2) is 10.5. The predicted molar refractivity (Wildman–Crippen MR) is 112 cm³/mol. The molecule has 2 heterocycles. The molecule has 0 aliphatic carbocycles. The van der Waals surface area contributed by atoms with Gasteiger partial charge in [-0.05, 0) is 43.3 Å². The standard InChI is InChI=1S/C20H20F3N5O3S/c1-13(18(29)25-15-3-5-16(6-4-15)31-20(21,22)23)32-19-27-26-17(28(19)11-12-30-2)14-7-9-24-10-8-14/h3-10,13H,11-12H2,1-2H3,(H,25,29). The Balaban J connectivity index is 1.69. The molecule has 0 aliphatic heterocycles. The number of amides is 1. The molecule has 12 heteroatoms. The van der Waals surface area contributed by atoms with Gasteiger partial charge in [-0.15, -0.1) is 23.4 Å². The van der Waals surface area contributed by atoms with Gasteiger partial charge in [0.05, 0.1) is 18.4 Å². The van der Waals surface area contributed by atoms with Crippen molar-refractivity contribution in [3.63, 3.8) is 0 Å². The Kier molecular flexibility index (Phi) is 7.70. The first-order valence-corrected chi connectivity index (χ1v) is 10.3. The van der Waals surface area contributed by atoms with Crippen molar-refractivity contribution in [1.29, 1.82) is 0 Å². The molecule has 1 N–H and O–H groups in total. The van der Waals surface area contributed by atoms with Crippen molar-refractivity contribution < 1.29 is 27.4 Å². The third kappa shape index (κ3) is 6.44. The van der Waals surface area contributed by atoms with Gasteiger partial charge >= 0.3 is 6.36 Å². The van der Waals surface area contributed by atoms with Gasteiger partial charge in [0.25, 0.3) is 0 Å². The van der Waals surface area contributed by atoms with Gasteiger partial charge in [0.15, 0.2) is 11.0 Å². The largest absolute Gasteiger partial charge is 0.573 e. The molecule has 2 aromatic heterocycles. The zero-order valence-electron chi connectivity index (χ0n) is 17.2. The third-order valence-corrected chi connectivity index (χ3v) is 5.26. The normalized spacial score (nSPS) is 12.4. The van der Waals surface area contributed by atoms with Crippen LogP contribution >= 0.6 is 11.8 Å². The smallest absolute Gasteiger partial charge is 0.406 e. The number of nitrogens with one attached hydrogen (secondary N) is 1. The van der Waals surface area contributed by atoms with E-state index in [0.717, 1.165) is 17.7 Å². The van der Waals surface area contributed by atoms with Crippen LogP contribution in [0.25, 0.3) is 11.4 Å².